The van der Waals surface area contributed by atoms with E-state index in [9.17, 15) is 9.90 Å². The van der Waals surface area contributed by atoms with Crippen molar-refractivity contribution >= 4 is 12.1 Å². The number of aromatic hydroxyl groups is 1. The van der Waals surface area contributed by atoms with Crippen LogP contribution in [0.3, 0.4) is 0 Å². The average Bonchev–Trinajstić information content (AvgIpc) is 2.53. The number of amides is 1. The number of carbonyl (C=O) groups is 1. The zero-order chi connectivity index (χ0) is 15.8. The van der Waals surface area contributed by atoms with Crippen LogP contribution >= 0.6 is 0 Å². The monoisotopic (exact) mass is 298 g/mol. The Morgan fingerprint density at radius 2 is 2.05 bits per heavy atom. The first-order valence-corrected chi connectivity index (χ1v) is 7.00. The second kappa shape index (κ2) is 7.83. The molecule has 0 aliphatic rings. The molecular weight excluding hydrogens is 280 g/mol. The van der Waals surface area contributed by atoms with Gasteiger partial charge in [-0.05, 0) is 41.8 Å². The molecule has 0 bridgehead atoms. The quantitative estimate of drug-likeness (QED) is 0.636. The maximum absolute atomic E-state index is 11.6. The third-order valence-electron chi connectivity index (χ3n) is 2.97. The zero-order valence-corrected chi connectivity index (χ0v) is 12.3. The normalized spacial score (nSPS) is 10.6. The number of nitrogens with one attached hydrogen (secondary N) is 1. The third-order valence-corrected chi connectivity index (χ3v) is 2.97. The van der Waals surface area contributed by atoms with Crippen LogP contribution in [0.4, 0.5) is 0 Å². The Balaban J connectivity index is 1.77. The van der Waals surface area contributed by atoms with E-state index in [0.717, 1.165) is 6.42 Å². The summed E-state index contributed by atoms with van der Waals surface area (Å²) in [6.45, 7) is 1.97. The molecule has 0 aliphatic heterocycles. The van der Waals surface area contributed by atoms with Gasteiger partial charge in [-0.3, -0.25) is 4.79 Å². The van der Waals surface area contributed by atoms with Crippen molar-refractivity contribution in [2.24, 2.45) is 5.10 Å². The smallest absolute Gasteiger partial charge is 0.277 e. The van der Waals surface area contributed by atoms with Gasteiger partial charge in [0.2, 0.25) is 0 Å². The summed E-state index contributed by atoms with van der Waals surface area (Å²) >= 11 is 0. The topological polar surface area (TPSA) is 70.9 Å². The summed E-state index contributed by atoms with van der Waals surface area (Å²) in [6.07, 6.45) is 2.41. The highest BCUT2D eigenvalue weighted by Crippen LogP contribution is 2.12. The summed E-state index contributed by atoms with van der Waals surface area (Å²) in [5.74, 6) is 0.439. The number of phenols is 1. The second-order valence-corrected chi connectivity index (χ2v) is 4.67. The van der Waals surface area contributed by atoms with E-state index in [2.05, 4.69) is 17.5 Å². The van der Waals surface area contributed by atoms with E-state index in [1.54, 1.807) is 24.3 Å². The molecule has 0 spiro atoms. The van der Waals surface area contributed by atoms with Crippen molar-refractivity contribution in [2.45, 2.75) is 13.3 Å². The molecule has 2 rings (SSSR count). The fourth-order valence-electron chi connectivity index (χ4n) is 1.79. The van der Waals surface area contributed by atoms with Crippen LogP contribution in [0.1, 0.15) is 18.1 Å². The highest BCUT2D eigenvalue weighted by Gasteiger charge is 2.01. The van der Waals surface area contributed by atoms with Gasteiger partial charge in [-0.1, -0.05) is 31.2 Å². The average molecular weight is 298 g/mol. The van der Waals surface area contributed by atoms with E-state index in [1.807, 2.05) is 24.3 Å². The van der Waals surface area contributed by atoms with Crippen LogP contribution in [-0.2, 0) is 11.2 Å². The van der Waals surface area contributed by atoms with Crippen LogP contribution in [0.2, 0.25) is 0 Å². The Labute approximate surface area is 129 Å². The minimum Gasteiger partial charge on any atom is -0.508 e. The van der Waals surface area contributed by atoms with Crippen LogP contribution in [-0.4, -0.2) is 23.8 Å². The first-order valence-electron chi connectivity index (χ1n) is 7.00. The molecule has 22 heavy (non-hydrogen) atoms. The van der Waals surface area contributed by atoms with Gasteiger partial charge in [0.05, 0.1) is 6.21 Å². The van der Waals surface area contributed by atoms with E-state index < -0.39 is 0 Å². The standard InChI is InChI=1S/C17H18N2O3/c1-2-13-6-8-16(9-7-13)22-12-17(21)19-18-11-14-4-3-5-15(20)10-14/h3-11,20H,2,12H2,1H3,(H,19,21)/b18-11+. The summed E-state index contributed by atoms with van der Waals surface area (Å²) in [7, 11) is 0. The van der Waals surface area contributed by atoms with Gasteiger partial charge in [0.1, 0.15) is 11.5 Å². The molecule has 2 N–H and O–H groups in total. The lowest BCUT2D eigenvalue weighted by atomic mass is 10.2. The maximum atomic E-state index is 11.6. The molecule has 0 saturated heterocycles. The van der Waals surface area contributed by atoms with E-state index in [-0.39, 0.29) is 18.3 Å². The van der Waals surface area contributed by atoms with Crippen LogP contribution in [0, 0.1) is 0 Å². The minimum absolute atomic E-state index is 0.108. The molecule has 0 radical (unpaired) electrons. The molecule has 0 heterocycles. The minimum atomic E-state index is -0.351. The van der Waals surface area contributed by atoms with Crippen molar-refractivity contribution < 1.29 is 14.6 Å². The molecule has 2 aromatic rings. The SMILES string of the molecule is CCc1ccc(OCC(=O)N/N=C/c2cccc(O)c2)cc1. The lowest BCUT2D eigenvalue weighted by Gasteiger charge is -2.05. The Hall–Kier alpha value is -2.82. The van der Waals surface area contributed by atoms with Gasteiger partial charge in [0.25, 0.3) is 5.91 Å². The second-order valence-electron chi connectivity index (χ2n) is 4.67. The van der Waals surface area contributed by atoms with Crippen LogP contribution in [0.25, 0.3) is 0 Å². The van der Waals surface area contributed by atoms with Crippen LogP contribution in [0.15, 0.2) is 53.6 Å². The van der Waals surface area contributed by atoms with E-state index in [4.69, 9.17) is 4.74 Å². The third kappa shape index (κ3) is 4.94. The van der Waals surface area contributed by atoms with Gasteiger partial charge < -0.3 is 9.84 Å². The largest absolute Gasteiger partial charge is 0.508 e. The molecule has 2 aromatic carbocycles. The number of rotatable bonds is 6. The highest BCUT2D eigenvalue weighted by atomic mass is 16.5. The Morgan fingerprint density at radius 3 is 2.73 bits per heavy atom. The number of carbonyl (C=O) groups excluding carboxylic acids is 1. The number of hydrazone groups is 1. The predicted octanol–water partition coefficient (Wildman–Crippen LogP) is 2.48. The zero-order valence-electron chi connectivity index (χ0n) is 12.3. The summed E-state index contributed by atoms with van der Waals surface area (Å²) in [4.78, 5) is 11.6. The summed E-state index contributed by atoms with van der Waals surface area (Å²) in [6, 6.07) is 14.2. The van der Waals surface area contributed by atoms with Gasteiger partial charge in [-0.25, -0.2) is 5.43 Å². The molecule has 1 amide bonds. The number of phenolic OH excluding ortho intramolecular Hbond substituents is 1. The van der Waals surface area contributed by atoms with Crippen LogP contribution in [0.5, 0.6) is 11.5 Å². The lowest BCUT2D eigenvalue weighted by molar-refractivity contribution is -0.123. The number of hydrogen-bond acceptors (Lipinski definition) is 4. The van der Waals surface area contributed by atoms with Crippen molar-refractivity contribution in [2.75, 3.05) is 6.61 Å². The fraction of sp³-hybridized carbons (Fsp3) is 0.176. The van der Waals surface area contributed by atoms with Gasteiger partial charge >= 0.3 is 0 Å². The number of benzene rings is 2. The van der Waals surface area contributed by atoms with E-state index in [0.29, 0.717) is 11.3 Å². The Bertz CT molecular complexity index is 651. The van der Waals surface area contributed by atoms with Gasteiger partial charge in [0.15, 0.2) is 6.61 Å². The molecule has 5 heteroatoms. The van der Waals surface area contributed by atoms with Crippen LogP contribution < -0.4 is 10.2 Å². The molecule has 0 saturated carbocycles. The summed E-state index contributed by atoms with van der Waals surface area (Å²) in [5, 5.41) is 13.1. The molecule has 0 atom stereocenters. The number of hydrogen-bond donors (Lipinski definition) is 2. The van der Waals surface area contributed by atoms with Crippen molar-refractivity contribution in [3.63, 3.8) is 0 Å². The van der Waals surface area contributed by atoms with E-state index >= 15 is 0 Å². The lowest BCUT2D eigenvalue weighted by Crippen LogP contribution is -2.24. The van der Waals surface area contributed by atoms with Crippen molar-refractivity contribution in [3.8, 4) is 11.5 Å². The molecule has 0 aromatic heterocycles. The number of aryl methyl sites for hydroxylation is 1. The number of nitrogens with zero attached hydrogens (tertiary/aromatic N) is 1. The van der Waals surface area contributed by atoms with Gasteiger partial charge in [0, 0.05) is 0 Å². The van der Waals surface area contributed by atoms with Gasteiger partial charge in [-0.2, -0.15) is 5.10 Å². The first kappa shape index (κ1) is 15.6. The highest BCUT2D eigenvalue weighted by molar-refractivity contribution is 5.83. The first-order chi connectivity index (χ1) is 10.7. The predicted molar refractivity (Wildman–Crippen MR) is 85.2 cm³/mol. The van der Waals surface area contributed by atoms with Crippen molar-refractivity contribution in [1.82, 2.24) is 5.43 Å². The Kier molecular flexibility index (Phi) is 5.54. The maximum Gasteiger partial charge on any atom is 0.277 e. The summed E-state index contributed by atoms with van der Waals surface area (Å²) < 4.78 is 5.36. The summed E-state index contributed by atoms with van der Waals surface area (Å²) in [5.41, 5.74) is 4.27. The molecular formula is C17H18N2O3. The Morgan fingerprint density at radius 1 is 1.27 bits per heavy atom. The number of ether oxygens (including phenoxy) is 1. The van der Waals surface area contributed by atoms with Crippen molar-refractivity contribution in [1.29, 1.82) is 0 Å². The van der Waals surface area contributed by atoms with Gasteiger partial charge in [-0.15, -0.1) is 0 Å². The molecule has 114 valence electrons. The van der Waals surface area contributed by atoms with E-state index in [1.165, 1.54) is 11.8 Å². The molecule has 0 fully saturated rings. The molecule has 0 aliphatic carbocycles. The molecule has 5 nitrogen and oxygen atoms in total. The van der Waals surface area contributed by atoms with Crippen molar-refractivity contribution in [3.05, 3.63) is 59.7 Å². The fourth-order valence-corrected chi connectivity index (χ4v) is 1.79. The molecule has 0 unspecified atom stereocenters.